The van der Waals surface area contributed by atoms with Crippen molar-refractivity contribution in [2.75, 3.05) is 7.11 Å². The van der Waals surface area contributed by atoms with Gasteiger partial charge in [0.05, 0.1) is 7.11 Å². The third-order valence-electron chi connectivity index (χ3n) is 2.72. The van der Waals surface area contributed by atoms with Gasteiger partial charge in [-0.25, -0.2) is 4.79 Å². The van der Waals surface area contributed by atoms with Crippen molar-refractivity contribution in [3.05, 3.63) is 68.6 Å². The number of rotatable bonds is 3. The van der Waals surface area contributed by atoms with E-state index in [9.17, 15) is 9.59 Å². The summed E-state index contributed by atoms with van der Waals surface area (Å²) >= 11 is 5.91. The van der Waals surface area contributed by atoms with Gasteiger partial charge in [-0.15, -0.1) is 0 Å². The number of hydrogen-bond acceptors (Lipinski definition) is 3. The lowest BCUT2D eigenvalue weighted by Gasteiger charge is -2.07. The maximum atomic E-state index is 11.7. The molecule has 0 amide bonds. The summed E-state index contributed by atoms with van der Waals surface area (Å²) in [5.41, 5.74) is 1.11. The van der Waals surface area contributed by atoms with E-state index < -0.39 is 11.5 Å². The standard InChI is InChI=1S/C14H12ClNO3/c1-19-14(18)12-10(5-6-16-13(12)17)7-9-3-2-4-11(15)8-9/h2-6,8H,7H2,1H3,(H,16,17). The van der Waals surface area contributed by atoms with Gasteiger partial charge >= 0.3 is 5.97 Å². The molecule has 0 radical (unpaired) electrons. The first-order valence-electron chi connectivity index (χ1n) is 5.65. The number of nitrogens with one attached hydrogen (secondary N) is 1. The van der Waals surface area contributed by atoms with Gasteiger partial charge < -0.3 is 9.72 Å². The Morgan fingerprint density at radius 3 is 2.84 bits per heavy atom. The summed E-state index contributed by atoms with van der Waals surface area (Å²) in [6.45, 7) is 0. The van der Waals surface area contributed by atoms with Crippen LogP contribution in [0.25, 0.3) is 0 Å². The Labute approximate surface area is 115 Å². The monoisotopic (exact) mass is 277 g/mol. The number of ether oxygens (including phenoxy) is 1. The Balaban J connectivity index is 2.43. The molecule has 0 aliphatic rings. The molecule has 1 aromatic heterocycles. The topological polar surface area (TPSA) is 59.2 Å². The molecule has 2 rings (SSSR count). The highest BCUT2D eigenvalue weighted by atomic mass is 35.5. The molecule has 0 fully saturated rings. The molecule has 4 nitrogen and oxygen atoms in total. The van der Waals surface area contributed by atoms with Crippen molar-refractivity contribution in [1.82, 2.24) is 4.98 Å². The van der Waals surface area contributed by atoms with Gasteiger partial charge in [-0.2, -0.15) is 0 Å². The summed E-state index contributed by atoms with van der Waals surface area (Å²) in [6.07, 6.45) is 1.95. The molecule has 0 aliphatic carbocycles. The molecule has 0 saturated heterocycles. The second kappa shape index (κ2) is 5.71. The van der Waals surface area contributed by atoms with Gasteiger partial charge in [0.2, 0.25) is 0 Å². The number of methoxy groups -OCH3 is 1. The predicted octanol–water partition coefficient (Wildman–Crippen LogP) is 2.41. The molecule has 1 heterocycles. The summed E-state index contributed by atoms with van der Waals surface area (Å²) in [5, 5.41) is 0.613. The summed E-state index contributed by atoms with van der Waals surface area (Å²) in [6, 6.07) is 8.96. The van der Waals surface area contributed by atoms with Gasteiger partial charge in [0.15, 0.2) is 0 Å². The van der Waals surface area contributed by atoms with Crippen LogP contribution in [0, 0.1) is 0 Å². The van der Waals surface area contributed by atoms with Crippen LogP contribution < -0.4 is 5.56 Å². The average Bonchev–Trinajstić information content (AvgIpc) is 2.38. The molecule has 0 spiro atoms. The van der Waals surface area contributed by atoms with Gasteiger partial charge in [0.1, 0.15) is 5.56 Å². The first-order valence-corrected chi connectivity index (χ1v) is 6.03. The van der Waals surface area contributed by atoms with Gasteiger partial charge in [0, 0.05) is 11.2 Å². The van der Waals surface area contributed by atoms with Crippen molar-refractivity contribution in [2.24, 2.45) is 0 Å². The van der Waals surface area contributed by atoms with Crippen LogP contribution in [-0.4, -0.2) is 18.1 Å². The van der Waals surface area contributed by atoms with Crippen LogP contribution in [0.15, 0.2) is 41.3 Å². The third kappa shape index (κ3) is 3.03. The summed E-state index contributed by atoms with van der Waals surface area (Å²) in [5.74, 6) is -0.640. The van der Waals surface area contributed by atoms with Gasteiger partial charge in [-0.05, 0) is 35.7 Å². The summed E-state index contributed by atoms with van der Waals surface area (Å²) < 4.78 is 4.63. The van der Waals surface area contributed by atoms with Gasteiger partial charge in [0.25, 0.3) is 5.56 Å². The molecular formula is C14H12ClNO3. The number of carbonyl (C=O) groups excluding carboxylic acids is 1. The molecule has 0 atom stereocenters. The quantitative estimate of drug-likeness (QED) is 0.877. The predicted molar refractivity (Wildman–Crippen MR) is 72.7 cm³/mol. The van der Waals surface area contributed by atoms with E-state index in [0.29, 0.717) is 17.0 Å². The highest BCUT2D eigenvalue weighted by Gasteiger charge is 2.16. The van der Waals surface area contributed by atoms with Crippen LogP contribution in [0.5, 0.6) is 0 Å². The lowest BCUT2D eigenvalue weighted by Crippen LogP contribution is -2.21. The van der Waals surface area contributed by atoms with Crippen LogP contribution >= 0.6 is 11.6 Å². The van der Waals surface area contributed by atoms with E-state index in [1.807, 2.05) is 12.1 Å². The lowest BCUT2D eigenvalue weighted by atomic mass is 10.0. The summed E-state index contributed by atoms with van der Waals surface area (Å²) in [4.78, 5) is 25.8. The minimum atomic E-state index is -0.640. The van der Waals surface area contributed by atoms with Crippen molar-refractivity contribution in [3.63, 3.8) is 0 Å². The van der Waals surface area contributed by atoms with Crippen LogP contribution in [0.2, 0.25) is 5.02 Å². The fourth-order valence-corrected chi connectivity index (χ4v) is 2.07. The highest BCUT2D eigenvalue weighted by molar-refractivity contribution is 6.30. The van der Waals surface area contributed by atoms with Gasteiger partial charge in [-0.3, -0.25) is 4.79 Å². The fraction of sp³-hybridized carbons (Fsp3) is 0.143. The first-order chi connectivity index (χ1) is 9.11. The molecule has 0 saturated carbocycles. The second-order valence-electron chi connectivity index (χ2n) is 4.01. The normalized spacial score (nSPS) is 10.2. The molecule has 1 N–H and O–H groups in total. The average molecular weight is 278 g/mol. The molecule has 0 unspecified atom stereocenters. The molecule has 0 aliphatic heterocycles. The number of benzene rings is 1. The van der Waals surface area contributed by atoms with E-state index in [4.69, 9.17) is 11.6 Å². The fourth-order valence-electron chi connectivity index (χ4n) is 1.86. The third-order valence-corrected chi connectivity index (χ3v) is 2.96. The Bertz CT molecular complexity index is 664. The first kappa shape index (κ1) is 13.4. The number of halogens is 1. The van der Waals surface area contributed by atoms with E-state index >= 15 is 0 Å². The maximum absolute atomic E-state index is 11.7. The SMILES string of the molecule is COC(=O)c1c(Cc2cccc(Cl)c2)cc[nH]c1=O. The van der Waals surface area contributed by atoms with Crippen molar-refractivity contribution in [1.29, 1.82) is 0 Å². The lowest BCUT2D eigenvalue weighted by molar-refractivity contribution is 0.0597. The molecule has 19 heavy (non-hydrogen) atoms. The van der Waals surface area contributed by atoms with E-state index in [1.54, 1.807) is 18.2 Å². The van der Waals surface area contributed by atoms with Crippen molar-refractivity contribution in [3.8, 4) is 0 Å². The van der Waals surface area contributed by atoms with Crippen molar-refractivity contribution < 1.29 is 9.53 Å². The van der Waals surface area contributed by atoms with Crippen LogP contribution in [-0.2, 0) is 11.2 Å². The number of hydrogen-bond donors (Lipinski definition) is 1. The van der Waals surface area contributed by atoms with E-state index in [1.165, 1.54) is 13.3 Å². The second-order valence-corrected chi connectivity index (χ2v) is 4.44. The van der Waals surface area contributed by atoms with Crippen molar-refractivity contribution >= 4 is 17.6 Å². The number of carbonyl (C=O) groups is 1. The number of esters is 1. The Morgan fingerprint density at radius 1 is 1.37 bits per heavy atom. The molecule has 2 aromatic rings. The zero-order valence-electron chi connectivity index (χ0n) is 10.3. The molecule has 1 aromatic carbocycles. The molecule has 5 heteroatoms. The number of aromatic nitrogens is 1. The van der Waals surface area contributed by atoms with E-state index in [2.05, 4.69) is 9.72 Å². The maximum Gasteiger partial charge on any atom is 0.343 e. The highest BCUT2D eigenvalue weighted by Crippen LogP contribution is 2.16. The number of H-pyrrole nitrogens is 1. The van der Waals surface area contributed by atoms with Crippen LogP contribution in [0.4, 0.5) is 0 Å². The Kier molecular flexibility index (Phi) is 4.02. The van der Waals surface area contributed by atoms with Crippen LogP contribution in [0.3, 0.4) is 0 Å². The van der Waals surface area contributed by atoms with E-state index in [-0.39, 0.29) is 5.56 Å². The molecule has 98 valence electrons. The van der Waals surface area contributed by atoms with Gasteiger partial charge in [-0.1, -0.05) is 23.7 Å². The largest absolute Gasteiger partial charge is 0.465 e. The summed E-state index contributed by atoms with van der Waals surface area (Å²) in [7, 11) is 1.25. The smallest absolute Gasteiger partial charge is 0.343 e. The molecule has 0 bridgehead atoms. The zero-order valence-corrected chi connectivity index (χ0v) is 11.0. The number of aromatic amines is 1. The minimum Gasteiger partial charge on any atom is -0.465 e. The Hall–Kier alpha value is -2.07. The molecular weight excluding hydrogens is 266 g/mol. The zero-order chi connectivity index (χ0) is 13.8. The van der Waals surface area contributed by atoms with E-state index in [0.717, 1.165) is 5.56 Å². The Morgan fingerprint density at radius 2 is 2.16 bits per heavy atom. The van der Waals surface area contributed by atoms with Crippen molar-refractivity contribution in [2.45, 2.75) is 6.42 Å². The minimum absolute atomic E-state index is 0.0324. The van der Waals surface area contributed by atoms with Crippen LogP contribution in [0.1, 0.15) is 21.5 Å². The number of pyridine rings is 1.